The van der Waals surface area contributed by atoms with Crippen LogP contribution in [-0.4, -0.2) is 17.9 Å². The summed E-state index contributed by atoms with van der Waals surface area (Å²) in [4.78, 5) is 7.44. The van der Waals surface area contributed by atoms with Gasteiger partial charge in [-0.15, -0.1) is 23.1 Å². The SMILES string of the molecule is Cc1ccc2c(c1)SCN2C.c1cscn1. The normalized spacial score (nSPS) is 13.0. The number of rotatable bonds is 0. The van der Waals surface area contributed by atoms with Crippen LogP contribution in [0.25, 0.3) is 0 Å². The Bertz CT molecular complexity index is 423. The number of nitrogens with zero attached hydrogens (tertiary/aromatic N) is 2. The molecule has 84 valence electrons. The van der Waals surface area contributed by atoms with Crippen LogP contribution in [0.3, 0.4) is 0 Å². The molecule has 0 N–H and O–H groups in total. The lowest BCUT2D eigenvalue weighted by molar-refractivity contribution is 1.10. The van der Waals surface area contributed by atoms with Crippen LogP contribution in [0.5, 0.6) is 0 Å². The van der Waals surface area contributed by atoms with Crippen LogP contribution < -0.4 is 4.90 Å². The highest BCUT2D eigenvalue weighted by Crippen LogP contribution is 2.37. The largest absolute Gasteiger partial charge is 0.364 e. The molecule has 0 atom stereocenters. The number of fused-ring (bicyclic) bond motifs is 1. The highest BCUT2D eigenvalue weighted by atomic mass is 32.2. The van der Waals surface area contributed by atoms with Crippen molar-refractivity contribution in [2.75, 3.05) is 17.8 Å². The van der Waals surface area contributed by atoms with Gasteiger partial charge in [-0.2, -0.15) is 0 Å². The van der Waals surface area contributed by atoms with Crippen LogP contribution in [0.4, 0.5) is 5.69 Å². The molecule has 2 aromatic rings. The lowest BCUT2D eigenvalue weighted by Crippen LogP contribution is -2.10. The minimum atomic E-state index is 1.10. The molecule has 3 rings (SSSR count). The minimum absolute atomic E-state index is 1.10. The Morgan fingerprint density at radius 3 is 2.88 bits per heavy atom. The van der Waals surface area contributed by atoms with Crippen LogP contribution >= 0.6 is 23.1 Å². The summed E-state index contributed by atoms with van der Waals surface area (Å²) >= 11 is 3.52. The van der Waals surface area contributed by atoms with Gasteiger partial charge in [-0.05, 0) is 24.6 Å². The van der Waals surface area contributed by atoms with Gasteiger partial charge in [0.05, 0.1) is 17.1 Å². The number of aryl methyl sites for hydroxylation is 1. The molecule has 0 radical (unpaired) electrons. The second-order valence-electron chi connectivity index (χ2n) is 3.62. The Kier molecular flexibility index (Phi) is 3.85. The molecule has 16 heavy (non-hydrogen) atoms. The number of aromatic nitrogens is 1. The Morgan fingerprint density at radius 2 is 2.25 bits per heavy atom. The third kappa shape index (κ3) is 2.77. The zero-order valence-electron chi connectivity index (χ0n) is 9.38. The zero-order valence-corrected chi connectivity index (χ0v) is 11.0. The lowest BCUT2D eigenvalue weighted by atomic mass is 10.2. The zero-order chi connectivity index (χ0) is 11.4. The fourth-order valence-corrected chi connectivity index (χ4v) is 2.93. The van der Waals surface area contributed by atoms with Crippen molar-refractivity contribution < 1.29 is 0 Å². The van der Waals surface area contributed by atoms with Crippen molar-refractivity contribution >= 4 is 28.8 Å². The molecule has 0 bridgehead atoms. The lowest BCUT2D eigenvalue weighted by Gasteiger charge is -2.09. The first-order valence-electron chi connectivity index (χ1n) is 5.04. The van der Waals surface area contributed by atoms with Gasteiger partial charge in [0.25, 0.3) is 0 Å². The molecule has 0 amide bonds. The van der Waals surface area contributed by atoms with Crippen molar-refractivity contribution in [3.05, 3.63) is 40.8 Å². The van der Waals surface area contributed by atoms with E-state index in [1.807, 2.05) is 17.1 Å². The number of hydrogen-bond donors (Lipinski definition) is 0. The Morgan fingerprint density at radius 1 is 1.38 bits per heavy atom. The van der Waals surface area contributed by atoms with Gasteiger partial charge in [-0.3, -0.25) is 4.98 Å². The summed E-state index contributed by atoms with van der Waals surface area (Å²) < 4.78 is 0. The summed E-state index contributed by atoms with van der Waals surface area (Å²) in [6.45, 7) is 2.14. The number of thiazole rings is 1. The molecule has 1 aromatic heterocycles. The Labute approximate surface area is 104 Å². The number of thioether (sulfide) groups is 1. The van der Waals surface area contributed by atoms with Crippen LogP contribution in [0.1, 0.15) is 5.56 Å². The maximum atomic E-state index is 3.74. The Hall–Kier alpha value is -1.00. The summed E-state index contributed by atoms with van der Waals surface area (Å²) in [6, 6.07) is 6.62. The predicted molar refractivity (Wildman–Crippen MR) is 72.4 cm³/mol. The summed E-state index contributed by atoms with van der Waals surface area (Å²) in [5.74, 6) is 1.10. The average Bonchev–Trinajstić information content (AvgIpc) is 2.92. The molecular formula is C12H14N2S2. The molecule has 0 saturated heterocycles. The molecule has 2 nitrogen and oxygen atoms in total. The van der Waals surface area contributed by atoms with Gasteiger partial charge in [0.15, 0.2) is 0 Å². The molecule has 0 saturated carbocycles. The van der Waals surface area contributed by atoms with E-state index in [-0.39, 0.29) is 0 Å². The van der Waals surface area contributed by atoms with Crippen LogP contribution in [0, 0.1) is 6.92 Å². The van der Waals surface area contributed by atoms with E-state index >= 15 is 0 Å². The first kappa shape index (κ1) is 11.5. The van der Waals surface area contributed by atoms with Crippen molar-refractivity contribution in [1.29, 1.82) is 0 Å². The van der Waals surface area contributed by atoms with E-state index in [0.29, 0.717) is 0 Å². The molecule has 1 aliphatic rings. The van der Waals surface area contributed by atoms with Crippen molar-refractivity contribution in [1.82, 2.24) is 4.98 Å². The third-order valence-corrected chi connectivity index (χ3v) is 3.96. The molecule has 1 aromatic carbocycles. The molecule has 0 aliphatic carbocycles. The predicted octanol–water partition coefficient (Wildman–Crippen LogP) is 3.64. The Balaban J connectivity index is 0.000000162. The molecule has 0 spiro atoms. The van der Waals surface area contributed by atoms with Crippen molar-refractivity contribution in [2.24, 2.45) is 0 Å². The summed E-state index contributed by atoms with van der Waals surface area (Å²) in [5.41, 5.74) is 4.52. The van der Waals surface area contributed by atoms with Crippen LogP contribution in [0.15, 0.2) is 40.2 Å². The maximum Gasteiger partial charge on any atom is 0.0791 e. The van der Waals surface area contributed by atoms with E-state index in [4.69, 9.17) is 0 Å². The summed E-state index contributed by atoms with van der Waals surface area (Å²) in [5, 5.41) is 1.93. The molecule has 0 unspecified atom stereocenters. The fraction of sp³-hybridized carbons (Fsp3) is 0.250. The van der Waals surface area contributed by atoms with E-state index in [2.05, 4.69) is 42.1 Å². The van der Waals surface area contributed by atoms with Gasteiger partial charge < -0.3 is 4.90 Å². The number of benzene rings is 1. The highest BCUT2D eigenvalue weighted by molar-refractivity contribution is 7.99. The van der Waals surface area contributed by atoms with Gasteiger partial charge >= 0.3 is 0 Å². The number of anilines is 1. The highest BCUT2D eigenvalue weighted by Gasteiger charge is 2.14. The average molecular weight is 250 g/mol. The second kappa shape index (κ2) is 5.37. The molecule has 0 fully saturated rings. The number of hydrogen-bond acceptors (Lipinski definition) is 4. The minimum Gasteiger partial charge on any atom is -0.364 e. The molecular weight excluding hydrogens is 236 g/mol. The maximum absolute atomic E-state index is 3.74. The molecule has 2 heterocycles. The standard InChI is InChI=1S/C9H11NS.C3H3NS/c1-7-3-4-8-9(5-7)11-6-10(8)2;1-2-5-3-4-1/h3-5H,6H2,1-2H3;1-3H. The third-order valence-electron chi connectivity index (χ3n) is 2.29. The summed E-state index contributed by atoms with van der Waals surface area (Å²) in [7, 11) is 2.13. The molecule has 1 aliphatic heterocycles. The van der Waals surface area contributed by atoms with Crippen molar-refractivity contribution in [3.63, 3.8) is 0 Å². The monoisotopic (exact) mass is 250 g/mol. The van der Waals surface area contributed by atoms with Gasteiger partial charge in [-0.25, -0.2) is 0 Å². The van der Waals surface area contributed by atoms with E-state index in [9.17, 15) is 0 Å². The van der Waals surface area contributed by atoms with Crippen LogP contribution in [-0.2, 0) is 0 Å². The first-order chi connectivity index (χ1) is 7.77. The quantitative estimate of drug-likeness (QED) is 0.710. The van der Waals surface area contributed by atoms with Gasteiger partial charge in [0.1, 0.15) is 0 Å². The molecule has 4 heteroatoms. The second-order valence-corrected chi connectivity index (χ2v) is 5.36. The summed E-state index contributed by atoms with van der Waals surface area (Å²) in [6.07, 6.45) is 1.77. The van der Waals surface area contributed by atoms with Crippen molar-refractivity contribution in [3.8, 4) is 0 Å². The van der Waals surface area contributed by atoms with E-state index in [1.54, 1.807) is 23.0 Å². The van der Waals surface area contributed by atoms with Gasteiger partial charge in [0.2, 0.25) is 0 Å². The van der Waals surface area contributed by atoms with Gasteiger partial charge in [0, 0.05) is 23.5 Å². The van der Waals surface area contributed by atoms with Crippen molar-refractivity contribution in [2.45, 2.75) is 11.8 Å². The fourth-order valence-electron chi connectivity index (χ4n) is 1.46. The van der Waals surface area contributed by atoms with E-state index < -0.39 is 0 Å². The smallest absolute Gasteiger partial charge is 0.0791 e. The first-order valence-corrected chi connectivity index (χ1v) is 6.97. The van der Waals surface area contributed by atoms with E-state index in [1.165, 1.54) is 16.1 Å². The topological polar surface area (TPSA) is 16.1 Å². The van der Waals surface area contributed by atoms with Crippen LogP contribution in [0.2, 0.25) is 0 Å². The van der Waals surface area contributed by atoms with E-state index in [0.717, 1.165) is 5.88 Å². The van der Waals surface area contributed by atoms with Gasteiger partial charge in [-0.1, -0.05) is 6.07 Å².